The first-order valence-corrected chi connectivity index (χ1v) is 8.27. The first kappa shape index (κ1) is 18.1. The maximum Gasteiger partial charge on any atom is 0.255 e. The number of aromatic nitrogens is 2. The van der Waals surface area contributed by atoms with Crippen molar-refractivity contribution in [3.63, 3.8) is 0 Å². The zero-order valence-corrected chi connectivity index (χ0v) is 15.1. The van der Waals surface area contributed by atoms with Crippen LogP contribution in [-0.2, 0) is 0 Å². The summed E-state index contributed by atoms with van der Waals surface area (Å²) in [6.07, 6.45) is 6.94. The van der Waals surface area contributed by atoms with E-state index in [1.807, 2.05) is 36.4 Å². The fourth-order valence-electron chi connectivity index (χ4n) is 2.67. The third kappa shape index (κ3) is 3.77. The maximum atomic E-state index is 12.6. The highest BCUT2D eigenvalue weighted by Crippen LogP contribution is 2.34. The SMILES string of the molecule is C#CCNC(=O)c1cn(-c2ccccc2)nc1-c1ccc(OC)cc1OC. The minimum absolute atomic E-state index is 0.133. The van der Waals surface area contributed by atoms with Crippen molar-refractivity contribution >= 4 is 5.91 Å². The van der Waals surface area contributed by atoms with Gasteiger partial charge in [-0.15, -0.1) is 6.42 Å². The van der Waals surface area contributed by atoms with Gasteiger partial charge in [0.15, 0.2) is 0 Å². The molecule has 0 atom stereocenters. The van der Waals surface area contributed by atoms with Crippen LogP contribution in [0.3, 0.4) is 0 Å². The third-order valence-electron chi connectivity index (χ3n) is 3.99. The Labute approximate surface area is 157 Å². The van der Waals surface area contributed by atoms with E-state index in [-0.39, 0.29) is 12.5 Å². The molecule has 1 heterocycles. The first-order chi connectivity index (χ1) is 13.2. The highest BCUT2D eigenvalue weighted by Gasteiger charge is 2.21. The van der Waals surface area contributed by atoms with Crippen molar-refractivity contribution in [1.29, 1.82) is 0 Å². The Morgan fingerprint density at radius 1 is 1.19 bits per heavy atom. The number of carbonyl (C=O) groups is 1. The van der Waals surface area contributed by atoms with Crippen LogP contribution in [0.1, 0.15) is 10.4 Å². The van der Waals surface area contributed by atoms with Crippen LogP contribution in [-0.4, -0.2) is 36.5 Å². The molecule has 0 saturated heterocycles. The lowest BCUT2D eigenvalue weighted by molar-refractivity contribution is 0.0959. The molecule has 0 unspecified atom stereocenters. The van der Waals surface area contributed by atoms with Gasteiger partial charge < -0.3 is 14.8 Å². The number of nitrogens with zero attached hydrogens (tertiary/aromatic N) is 2. The molecule has 0 aliphatic heterocycles. The van der Waals surface area contributed by atoms with E-state index in [0.29, 0.717) is 28.3 Å². The lowest BCUT2D eigenvalue weighted by Gasteiger charge is -2.10. The van der Waals surface area contributed by atoms with Gasteiger partial charge in [0.05, 0.1) is 32.0 Å². The van der Waals surface area contributed by atoms with E-state index in [4.69, 9.17) is 15.9 Å². The average molecular weight is 361 g/mol. The minimum atomic E-state index is -0.303. The predicted molar refractivity (Wildman–Crippen MR) is 103 cm³/mol. The summed E-state index contributed by atoms with van der Waals surface area (Å²) in [6.45, 7) is 0.133. The van der Waals surface area contributed by atoms with E-state index in [1.165, 1.54) is 0 Å². The second-order valence-corrected chi connectivity index (χ2v) is 5.62. The molecule has 0 bridgehead atoms. The number of methoxy groups -OCH3 is 2. The Kier molecular flexibility index (Phi) is 5.43. The minimum Gasteiger partial charge on any atom is -0.497 e. The van der Waals surface area contributed by atoms with Crippen LogP contribution in [0.4, 0.5) is 0 Å². The molecule has 6 heteroatoms. The standard InChI is InChI=1S/C21H19N3O3/c1-4-12-22-21(25)18-14-24(15-8-6-5-7-9-15)23-20(18)17-11-10-16(26-2)13-19(17)27-3/h1,5-11,13-14H,12H2,2-3H3,(H,22,25). The number of amides is 1. The van der Waals surface area contributed by atoms with Crippen LogP contribution in [0.15, 0.2) is 54.7 Å². The summed E-state index contributed by atoms with van der Waals surface area (Å²) in [6, 6.07) is 14.9. The molecule has 2 aromatic carbocycles. The monoisotopic (exact) mass is 361 g/mol. The first-order valence-electron chi connectivity index (χ1n) is 8.27. The van der Waals surface area contributed by atoms with Crippen molar-refractivity contribution in [1.82, 2.24) is 15.1 Å². The number of rotatable bonds is 6. The van der Waals surface area contributed by atoms with Gasteiger partial charge in [0.25, 0.3) is 5.91 Å². The van der Waals surface area contributed by atoms with Gasteiger partial charge in [0.1, 0.15) is 17.2 Å². The maximum absolute atomic E-state index is 12.6. The third-order valence-corrected chi connectivity index (χ3v) is 3.99. The molecule has 0 aliphatic rings. The normalized spacial score (nSPS) is 10.1. The van der Waals surface area contributed by atoms with Crippen LogP contribution in [0, 0.1) is 12.3 Å². The number of carbonyl (C=O) groups excluding carboxylic acids is 1. The van der Waals surface area contributed by atoms with E-state index in [2.05, 4.69) is 16.3 Å². The summed E-state index contributed by atoms with van der Waals surface area (Å²) in [7, 11) is 3.14. The summed E-state index contributed by atoms with van der Waals surface area (Å²) >= 11 is 0. The largest absolute Gasteiger partial charge is 0.497 e. The van der Waals surface area contributed by atoms with E-state index in [0.717, 1.165) is 5.69 Å². The number of terminal acetylenes is 1. The smallest absolute Gasteiger partial charge is 0.255 e. The molecule has 0 radical (unpaired) electrons. The highest BCUT2D eigenvalue weighted by molar-refractivity contribution is 6.00. The van der Waals surface area contributed by atoms with Crippen LogP contribution >= 0.6 is 0 Å². The summed E-state index contributed by atoms with van der Waals surface area (Å²) < 4.78 is 12.4. The fourth-order valence-corrected chi connectivity index (χ4v) is 2.67. The molecule has 27 heavy (non-hydrogen) atoms. The molecule has 6 nitrogen and oxygen atoms in total. The van der Waals surface area contributed by atoms with Gasteiger partial charge in [0.2, 0.25) is 0 Å². The highest BCUT2D eigenvalue weighted by atomic mass is 16.5. The summed E-state index contributed by atoms with van der Waals surface area (Å²) in [4.78, 5) is 12.6. The van der Waals surface area contributed by atoms with Gasteiger partial charge >= 0.3 is 0 Å². The van der Waals surface area contributed by atoms with Crippen LogP contribution in [0.25, 0.3) is 16.9 Å². The van der Waals surface area contributed by atoms with E-state index >= 15 is 0 Å². The van der Waals surface area contributed by atoms with E-state index in [1.54, 1.807) is 37.2 Å². The molecular formula is C21H19N3O3. The fraction of sp³-hybridized carbons (Fsp3) is 0.143. The predicted octanol–water partition coefficient (Wildman–Crippen LogP) is 2.92. The second-order valence-electron chi connectivity index (χ2n) is 5.62. The topological polar surface area (TPSA) is 65.4 Å². The summed E-state index contributed by atoms with van der Waals surface area (Å²) in [5.74, 6) is 3.30. The lowest BCUT2D eigenvalue weighted by Crippen LogP contribution is -2.23. The quantitative estimate of drug-likeness (QED) is 0.686. The van der Waals surface area contributed by atoms with Crippen molar-refractivity contribution in [2.24, 2.45) is 0 Å². The molecule has 3 aromatic rings. The molecule has 0 spiro atoms. The van der Waals surface area contributed by atoms with Crippen molar-refractivity contribution < 1.29 is 14.3 Å². The molecule has 0 aliphatic carbocycles. The Morgan fingerprint density at radius 3 is 2.63 bits per heavy atom. The molecule has 0 fully saturated rings. The van der Waals surface area contributed by atoms with Gasteiger partial charge in [-0.2, -0.15) is 5.10 Å². The van der Waals surface area contributed by atoms with Gasteiger partial charge in [-0.05, 0) is 24.3 Å². The van der Waals surface area contributed by atoms with Gasteiger partial charge in [-0.25, -0.2) is 4.68 Å². The zero-order chi connectivity index (χ0) is 19.2. The zero-order valence-electron chi connectivity index (χ0n) is 15.1. The Bertz CT molecular complexity index is 988. The van der Waals surface area contributed by atoms with Crippen LogP contribution in [0.5, 0.6) is 11.5 Å². The van der Waals surface area contributed by atoms with E-state index in [9.17, 15) is 4.79 Å². The number of hydrogen-bond donors (Lipinski definition) is 1. The van der Waals surface area contributed by atoms with Crippen molar-refractivity contribution in [3.8, 4) is 40.8 Å². The molecule has 1 aromatic heterocycles. The van der Waals surface area contributed by atoms with Crippen LogP contribution in [0.2, 0.25) is 0 Å². The van der Waals surface area contributed by atoms with Crippen LogP contribution < -0.4 is 14.8 Å². The van der Waals surface area contributed by atoms with Crippen molar-refractivity contribution in [2.45, 2.75) is 0 Å². The Hall–Kier alpha value is -3.72. The molecular weight excluding hydrogens is 342 g/mol. The summed E-state index contributed by atoms with van der Waals surface area (Å²) in [5.41, 5.74) is 2.41. The van der Waals surface area contributed by atoms with Crippen molar-refractivity contribution in [2.75, 3.05) is 20.8 Å². The van der Waals surface area contributed by atoms with Gasteiger partial charge in [0, 0.05) is 17.8 Å². The lowest BCUT2D eigenvalue weighted by atomic mass is 10.1. The number of nitrogens with one attached hydrogen (secondary N) is 1. The van der Waals surface area contributed by atoms with Gasteiger partial charge in [-0.3, -0.25) is 4.79 Å². The number of para-hydroxylation sites is 1. The number of benzene rings is 2. The van der Waals surface area contributed by atoms with Gasteiger partial charge in [-0.1, -0.05) is 24.1 Å². The average Bonchev–Trinajstić information content (AvgIpc) is 3.17. The molecule has 1 N–H and O–H groups in total. The number of ether oxygens (including phenoxy) is 2. The number of hydrogen-bond acceptors (Lipinski definition) is 4. The Balaban J connectivity index is 2.14. The summed E-state index contributed by atoms with van der Waals surface area (Å²) in [5, 5.41) is 7.32. The molecule has 3 rings (SSSR count). The Morgan fingerprint density at radius 2 is 1.96 bits per heavy atom. The van der Waals surface area contributed by atoms with Crippen molar-refractivity contribution in [3.05, 3.63) is 60.3 Å². The van der Waals surface area contributed by atoms with E-state index < -0.39 is 0 Å². The molecule has 136 valence electrons. The second kappa shape index (κ2) is 8.11. The molecule has 1 amide bonds. The molecule has 0 saturated carbocycles.